The molecule has 2 aromatic rings. The predicted molar refractivity (Wildman–Crippen MR) is 111 cm³/mol. The van der Waals surface area contributed by atoms with Crippen LogP contribution in [0.3, 0.4) is 0 Å². The molecule has 1 atom stereocenters. The van der Waals surface area contributed by atoms with Gasteiger partial charge in [0, 0.05) is 22.7 Å². The number of hydrogen-bond donors (Lipinski definition) is 1. The predicted octanol–water partition coefficient (Wildman–Crippen LogP) is 4.12. The summed E-state index contributed by atoms with van der Waals surface area (Å²) in [4.78, 5) is 36.7. The smallest absolute Gasteiger partial charge is 0.306 e. The average molecular weight is 468 g/mol. The number of halogens is 1. The van der Waals surface area contributed by atoms with Gasteiger partial charge in [-0.05, 0) is 43.7 Å². The third kappa shape index (κ3) is 7.44. The van der Waals surface area contributed by atoms with Crippen molar-refractivity contribution in [1.82, 2.24) is 5.32 Å². The topological polar surface area (TPSA) is 81.7 Å². The summed E-state index contributed by atoms with van der Waals surface area (Å²) in [6.45, 7) is 3.75. The van der Waals surface area contributed by atoms with Gasteiger partial charge in [-0.2, -0.15) is 0 Å². The summed E-state index contributed by atoms with van der Waals surface area (Å²) in [5.74, 6) is -0.0990. The van der Waals surface area contributed by atoms with Crippen LogP contribution in [0.2, 0.25) is 0 Å². The van der Waals surface area contributed by atoms with E-state index < -0.39 is 12.1 Å². The number of benzene rings is 1. The van der Waals surface area contributed by atoms with Crippen LogP contribution in [0.4, 0.5) is 0 Å². The van der Waals surface area contributed by atoms with Gasteiger partial charge in [-0.1, -0.05) is 22.0 Å². The molecule has 1 heterocycles. The Morgan fingerprint density at radius 1 is 1.21 bits per heavy atom. The lowest BCUT2D eigenvalue weighted by Crippen LogP contribution is -2.24. The molecule has 0 fully saturated rings. The Labute approximate surface area is 176 Å². The molecule has 28 heavy (non-hydrogen) atoms. The zero-order valence-electron chi connectivity index (χ0n) is 15.7. The minimum atomic E-state index is -0.856. The number of carbonyl (C=O) groups is 3. The number of hydrogen-bond acceptors (Lipinski definition) is 6. The fourth-order valence-corrected chi connectivity index (χ4v) is 3.63. The van der Waals surface area contributed by atoms with E-state index in [1.807, 2.05) is 24.3 Å². The first-order valence-corrected chi connectivity index (χ1v) is 10.4. The molecule has 1 aromatic carbocycles. The fourth-order valence-electron chi connectivity index (χ4n) is 2.29. The van der Waals surface area contributed by atoms with Crippen LogP contribution in [0.1, 0.15) is 41.2 Å². The lowest BCUT2D eigenvalue weighted by atomic mass is 10.2. The fraction of sp³-hybridized carbons (Fsp3) is 0.350. The van der Waals surface area contributed by atoms with E-state index in [0.29, 0.717) is 24.4 Å². The normalized spacial score (nSPS) is 11.5. The molecule has 150 valence electrons. The van der Waals surface area contributed by atoms with Gasteiger partial charge in [0.2, 0.25) is 11.7 Å². The molecule has 8 heteroatoms. The Morgan fingerprint density at radius 2 is 2.00 bits per heavy atom. The standard InChI is InChI=1S/C20H22BrNO5S/c1-13(20(25)18-9-8-17(28-18)12-22-14(2)23)27-19(24)7-4-10-26-16-6-3-5-15(21)11-16/h3,5-6,8-9,11,13H,4,7,10,12H2,1-2H3,(H,22,23). The minimum absolute atomic E-state index is 0.132. The molecule has 6 nitrogen and oxygen atoms in total. The van der Waals surface area contributed by atoms with Crippen LogP contribution in [-0.2, 0) is 20.9 Å². The highest BCUT2D eigenvalue weighted by Gasteiger charge is 2.21. The summed E-state index contributed by atoms with van der Waals surface area (Å²) in [7, 11) is 0. The molecule has 1 unspecified atom stereocenters. The number of ether oxygens (including phenoxy) is 2. The molecule has 1 N–H and O–H groups in total. The number of amides is 1. The highest BCUT2D eigenvalue weighted by Crippen LogP contribution is 2.20. The average Bonchev–Trinajstić information content (AvgIpc) is 3.12. The van der Waals surface area contributed by atoms with E-state index >= 15 is 0 Å². The van der Waals surface area contributed by atoms with Crippen LogP contribution >= 0.6 is 27.3 Å². The molecule has 0 spiro atoms. The van der Waals surface area contributed by atoms with Crippen LogP contribution in [0.5, 0.6) is 5.75 Å². The molecular weight excluding hydrogens is 446 g/mol. The van der Waals surface area contributed by atoms with E-state index in [0.717, 1.165) is 15.1 Å². The third-order valence-electron chi connectivity index (χ3n) is 3.68. The molecule has 0 aliphatic carbocycles. The lowest BCUT2D eigenvalue weighted by molar-refractivity contribution is -0.146. The summed E-state index contributed by atoms with van der Waals surface area (Å²) in [5.41, 5.74) is 0. The van der Waals surface area contributed by atoms with Gasteiger partial charge in [-0.15, -0.1) is 11.3 Å². The summed E-state index contributed by atoms with van der Waals surface area (Å²) in [5, 5.41) is 2.68. The molecule has 0 radical (unpaired) electrons. The SMILES string of the molecule is CC(=O)NCc1ccc(C(=O)C(C)OC(=O)CCCOc2cccc(Br)c2)s1. The Bertz CT molecular complexity index is 836. The summed E-state index contributed by atoms with van der Waals surface area (Å²) in [6.07, 6.45) is -0.193. The van der Waals surface area contributed by atoms with E-state index in [9.17, 15) is 14.4 Å². The highest BCUT2D eigenvalue weighted by atomic mass is 79.9. The number of thiophene rings is 1. The van der Waals surface area contributed by atoms with Gasteiger partial charge in [0.05, 0.1) is 18.0 Å². The van der Waals surface area contributed by atoms with E-state index in [1.54, 1.807) is 19.1 Å². The van der Waals surface area contributed by atoms with Gasteiger partial charge in [-0.25, -0.2) is 0 Å². The zero-order valence-corrected chi connectivity index (χ0v) is 18.1. The monoisotopic (exact) mass is 467 g/mol. The summed E-state index contributed by atoms with van der Waals surface area (Å²) < 4.78 is 11.7. The van der Waals surface area contributed by atoms with Crippen LogP contribution in [-0.4, -0.2) is 30.4 Å². The van der Waals surface area contributed by atoms with Crippen molar-refractivity contribution in [3.05, 3.63) is 50.6 Å². The van der Waals surface area contributed by atoms with E-state index in [1.165, 1.54) is 18.3 Å². The van der Waals surface area contributed by atoms with Crippen molar-refractivity contribution in [2.24, 2.45) is 0 Å². The van der Waals surface area contributed by atoms with Crippen molar-refractivity contribution < 1.29 is 23.9 Å². The van der Waals surface area contributed by atoms with Crippen molar-refractivity contribution >= 4 is 44.9 Å². The maximum absolute atomic E-state index is 12.4. The molecule has 0 bridgehead atoms. The Hall–Kier alpha value is -2.19. The van der Waals surface area contributed by atoms with Crippen molar-refractivity contribution in [2.75, 3.05) is 6.61 Å². The second-order valence-electron chi connectivity index (χ2n) is 6.08. The molecule has 0 aliphatic heterocycles. The Balaban J connectivity index is 1.72. The first-order valence-electron chi connectivity index (χ1n) is 8.80. The second-order valence-corrected chi connectivity index (χ2v) is 8.17. The summed E-state index contributed by atoms with van der Waals surface area (Å²) in [6, 6.07) is 10.9. The van der Waals surface area contributed by atoms with Gasteiger partial charge in [0.25, 0.3) is 0 Å². The van der Waals surface area contributed by atoms with E-state index in [4.69, 9.17) is 9.47 Å². The first-order chi connectivity index (χ1) is 13.3. The van der Waals surface area contributed by atoms with Crippen molar-refractivity contribution in [3.63, 3.8) is 0 Å². The molecule has 0 saturated heterocycles. The number of nitrogens with one attached hydrogen (secondary N) is 1. The Morgan fingerprint density at radius 3 is 2.71 bits per heavy atom. The van der Waals surface area contributed by atoms with E-state index in [2.05, 4.69) is 21.2 Å². The van der Waals surface area contributed by atoms with Crippen LogP contribution in [0, 0.1) is 0 Å². The molecule has 1 amide bonds. The number of rotatable bonds is 10. The number of Topliss-reactive ketones (excluding diaryl/α,β-unsaturated/α-hetero) is 1. The number of carbonyl (C=O) groups excluding carboxylic acids is 3. The van der Waals surface area contributed by atoms with Gasteiger partial charge in [0.1, 0.15) is 5.75 Å². The lowest BCUT2D eigenvalue weighted by Gasteiger charge is -2.11. The van der Waals surface area contributed by atoms with Gasteiger partial charge in [0.15, 0.2) is 6.10 Å². The van der Waals surface area contributed by atoms with Gasteiger partial charge in [-0.3, -0.25) is 14.4 Å². The maximum atomic E-state index is 12.4. The van der Waals surface area contributed by atoms with Crippen molar-refractivity contribution in [2.45, 2.75) is 39.3 Å². The summed E-state index contributed by atoms with van der Waals surface area (Å²) >= 11 is 4.65. The third-order valence-corrected chi connectivity index (χ3v) is 5.28. The highest BCUT2D eigenvalue weighted by molar-refractivity contribution is 9.10. The largest absolute Gasteiger partial charge is 0.494 e. The zero-order chi connectivity index (χ0) is 20.5. The van der Waals surface area contributed by atoms with E-state index in [-0.39, 0.29) is 18.1 Å². The van der Waals surface area contributed by atoms with Crippen molar-refractivity contribution in [3.8, 4) is 5.75 Å². The maximum Gasteiger partial charge on any atom is 0.306 e. The van der Waals surface area contributed by atoms with Crippen LogP contribution in [0.15, 0.2) is 40.9 Å². The van der Waals surface area contributed by atoms with Gasteiger partial charge >= 0.3 is 5.97 Å². The van der Waals surface area contributed by atoms with Crippen LogP contribution < -0.4 is 10.1 Å². The van der Waals surface area contributed by atoms with Gasteiger partial charge < -0.3 is 14.8 Å². The minimum Gasteiger partial charge on any atom is -0.494 e. The van der Waals surface area contributed by atoms with Crippen molar-refractivity contribution in [1.29, 1.82) is 0 Å². The van der Waals surface area contributed by atoms with Crippen LogP contribution in [0.25, 0.3) is 0 Å². The number of ketones is 1. The quantitative estimate of drug-likeness (QED) is 0.322. The first kappa shape index (κ1) is 22.1. The molecular formula is C20H22BrNO5S. The molecule has 0 aliphatic rings. The second kappa shape index (κ2) is 11.0. The Kier molecular flexibility index (Phi) is 8.66. The number of esters is 1. The molecule has 1 aromatic heterocycles. The molecule has 0 saturated carbocycles. The molecule has 2 rings (SSSR count).